The topological polar surface area (TPSA) is 82.8 Å². The molecule has 3 aromatic carbocycles. The van der Waals surface area contributed by atoms with Crippen molar-refractivity contribution in [3.05, 3.63) is 83.0 Å². The number of rotatable bonds is 5. The summed E-state index contributed by atoms with van der Waals surface area (Å²) in [5, 5.41) is -0.443. The summed E-state index contributed by atoms with van der Waals surface area (Å²) >= 11 is 0. The Morgan fingerprint density at radius 3 is 2.18 bits per heavy atom. The van der Waals surface area contributed by atoms with E-state index in [2.05, 4.69) is 4.18 Å². The molecule has 0 atom stereocenters. The summed E-state index contributed by atoms with van der Waals surface area (Å²) in [4.78, 5) is 12.9. The Morgan fingerprint density at radius 2 is 1.52 bits per heavy atom. The normalized spacial score (nSPS) is 12.0. The largest absolute Gasteiger partial charge is 0.534 e. The minimum Gasteiger partial charge on any atom is -0.496 e. The van der Waals surface area contributed by atoms with Gasteiger partial charge < -0.3 is 13.3 Å². The zero-order chi connectivity index (χ0) is 23.8. The molecule has 0 aliphatic heterocycles. The molecule has 33 heavy (non-hydrogen) atoms. The molecule has 0 N–H and O–H groups in total. The van der Waals surface area contributed by atoms with Gasteiger partial charge in [-0.2, -0.15) is 21.6 Å². The third-order valence-electron chi connectivity index (χ3n) is 4.75. The Morgan fingerprint density at radius 1 is 0.848 bits per heavy atom. The maximum atomic E-state index is 13.0. The third kappa shape index (κ3) is 4.29. The summed E-state index contributed by atoms with van der Waals surface area (Å²) in [6, 6.07) is 18.6. The van der Waals surface area contributed by atoms with Gasteiger partial charge in [0, 0.05) is 17.2 Å². The molecule has 1 aromatic heterocycles. The standard InChI is InChI=1S/C23H15F3O6S/c1-30-18-10-6-5-9-16(18)15-11-20-22(21(12-15)32-33(28,29)23(24,25)26)17(27)13-19(31-20)14-7-3-2-4-8-14/h2-13H,1H3. The van der Waals surface area contributed by atoms with Crippen LogP contribution in [0.5, 0.6) is 11.5 Å². The molecule has 10 heteroatoms. The van der Waals surface area contributed by atoms with Crippen LogP contribution in [-0.2, 0) is 10.1 Å². The fraction of sp³-hybridized carbons (Fsp3) is 0.0870. The highest BCUT2D eigenvalue weighted by Gasteiger charge is 2.49. The molecule has 4 aromatic rings. The number of para-hydroxylation sites is 1. The lowest BCUT2D eigenvalue weighted by Gasteiger charge is -2.14. The average Bonchev–Trinajstić information content (AvgIpc) is 2.78. The summed E-state index contributed by atoms with van der Waals surface area (Å²) in [5.41, 5.74) is -5.43. The van der Waals surface area contributed by atoms with Gasteiger partial charge in [0.05, 0.1) is 7.11 Å². The van der Waals surface area contributed by atoms with Crippen molar-refractivity contribution in [1.29, 1.82) is 0 Å². The maximum Gasteiger partial charge on any atom is 0.534 e. The van der Waals surface area contributed by atoms with Crippen LogP contribution in [0.3, 0.4) is 0 Å². The number of hydrogen-bond acceptors (Lipinski definition) is 6. The molecule has 0 saturated carbocycles. The van der Waals surface area contributed by atoms with E-state index < -0.39 is 32.2 Å². The second kappa shape index (κ2) is 8.28. The predicted molar refractivity (Wildman–Crippen MR) is 116 cm³/mol. The Labute approximate surface area is 185 Å². The van der Waals surface area contributed by atoms with Crippen molar-refractivity contribution in [2.45, 2.75) is 5.51 Å². The zero-order valence-corrected chi connectivity index (χ0v) is 17.7. The molecule has 0 amide bonds. The predicted octanol–water partition coefficient (Wildman–Crippen LogP) is 5.36. The molecule has 0 spiro atoms. The van der Waals surface area contributed by atoms with Crippen molar-refractivity contribution in [1.82, 2.24) is 0 Å². The molecular weight excluding hydrogens is 461 g/mol. The number of fused-ring (bicyclic) bond motifs is 1. The summed E-state index contributed by atoms with van der Waals surface area (Å²) in [6.07, 6.45) is 0. The Kier molecular flexibility index (Phi) is 5.62. The van der Waals surface area contributed by atoms with Crippen LogP contribution in [0.25, 0.3) is 33.4 Å². The maximum absolute atomic E-state index is 13.0. The van der Waals surface area contributed by atoms with Gasteiger partial charge >= 0.3 is 15.6 Å². The molecule has 0 radical (unpaired) electrons. The number of benzene rings is 3. The second-order valence-electron chi connectivity index (χ2n) is 6.87. The molecule has 1 heterocycles. The van der Waals surface area contributed by atoms with Crippen LogP contribution >= 0.6 is 0 Å². The zero-order valence-electron chi connectivity index (χ0n) is 16.9. The number of methoxy groups -OCH3 is 1. The fourth-order valence-electron chi connectivity index (χ4n) is 3.27. The number of alkyl halides is 3. The van der Waals surface area contributed by atoms with Crippen LogP contribution in [0, 0.1) is 0 Å². The van der Waals surface area contributed by atoms with Crippen LogP contribution in [0.15, 0.2) is 82.0 Å². The Bertz CT molecular complexity index is 1490. The van der Waals surface area contributed by atoms with Crippen molar-refractivity contribution in [3.8, 4) is 33.9 Å². The van der Waals surface area contributed by atoms with Gasteiger partial charge in [0.15, 0.2) is 11.2 Å². The van der Waals surface area contributed by atoms with Crippen LogP contribution in [0.1, 0.15) is 0 Å². The molecule has 170 valence electrons. The van der Waals surface area contributed by atoms with E-state index in [4.69, 9.17) is 9.15 Å². The Hall–Kier alpha value is -3.79. The molecule has 0 aliphatic carbocycles. The third-order valence-corrected chi connectivity index (χ3v) is 5.72. The minimum absolute atomic E-state index is 0.148. The van der Waals surface area contributed by atoms with Gasteiger partial charge in [0.1, 0.15) is 22.5 Å². The van der Waals surface area contributed by atoms with Crippen molar-refractivity contribution >= 4 is 21.1 Å². The van der Waals surface area contributed by atoms with Gasteiger partial charge in [-0.25, -0.2) is 0 Å². The van der Waals surface area contributed by atoms with E-state index in [-0.39, 0.29) is 16.9 Å². The van der Waals surface area contributed by atoms with Gasteiger partial charge in [-0.05, 0) is 23.8 Å². The van der Waals surface area contributed by atoms with Gasteiger partial charge in [0.2, 0.25) is 0 Å². The molecule has 0 saturated heterocycles. The van der Waals surface area contributed by atoms with Crippen LogP contribution in [-0.4, -0.2) is 21.0 Å². The highest BCUT2D eigenvalue weighted by molar-refractivity contribution is 7.88. The van der Waals surface area contributed by atoms with E-state index in [1.807, 2.05) is 0 Å². The van der Waals surface area contributed by atoms with Gasteiger partial charge in [-0.1, -0.05) is 48.5 Å². The van der Waals surface area contributed by atoms with Gasteiger partial charge in [-0.15, -0.1) is 0 Å². The number of halogens is 3. The smallest absolute Gasteiger partial charge is 0.496 e. The lowest BCUT2D eigenvalue weighted by Crippen LogP contribution is -2.28. The van der Waals surface area contributed by atoms with Crippen molar-refractivity contribution < 1.29 is 34.9 Å². The first-order valence-electron chi connectivity index (χ1n) is 9.42. The van der Waals surface area contributed by atoms with E-state index in [1.165, 1.54) is 13.2 Å². The molecule has 0 fully saturated rings. The van der Waals surface area contributed by atoms with Crippen molar-refractivity contribution in [2.24, 2.45) is 0 Å². The van der Waals surface area contributed by atoms with E-state index in [0.29, 0.717) is 16.9 Å². The fourth-order valence-corrected chi connectivity index (χ4v) is 3.73. The highest BCUT2D eigenvalue weighted by Crippen LogP contribution is 2.38. The van der Waals surface area contributed by atoms with Crippen LogP contribution in [0.2, 0.25) is 0 Å². The first-order chi connectivity index (χ1) is 15.6. The van der Waals surface area contributed by atoms with Crippen molar-refractivity contribution in [3.63, 3.8) is 0 Å². The number of ether oxygens (including phenoxy) is 1. The van der Waals surface area contributed by atoms with Crippen molar-refractivity contribution in [2.75, 3.05) is 7.11 Å². The molecular formula is C23H15F3O6S. The van der Waals surface area contributed by atoms with E-state index >= 15 is 0 Å². The molecule has 0 aliphatic rings. The monoisotopic (exact) mass is 476 g/mol. The van der Waals surface area contributed by atoms with E-state index in [9.17, 15) is 26.4 Å². The lowest BCUT2D eigenvalue weighted by atomic mass is 10.0. The SMILES string of the molecule is COc1ccccc1-c1cc(OS(=O)(=O)C(F)(F)F)c2c(=O)cc(-c3ccccc3)oc2c1. The quantitative estimate of drug-likeness (QED) is 0.285. The van der Waals surface area contributed by atoms with Gasteiger partial charge in [0.25, 0.3) is 0 Å². The summed E-state index contributed by atoms with van der Waals surface area (Å²) < 4.78 is 78.0. The lowest BCUT2D eigenvalue weighted by molar-refractivity contribution is -0.0499. The minimum atomic E-state index is -6.05. The molecule has 0 unspecified atom stereocenters. The van der Waals surface area contributed by atoms with Crippen LogP contribution in [0.4, 0.5) is 13.2 Å². The first kappa shape index (κ1) is 22.4. The first-order valence-corrected chi connectivity index (χ1v) is 10.8. The van der Waals surface area contributed by atoms with E-state index in [0.717, 1.165) is 12.1 Å². The summed E-state index contributed by atoms with van der Waals surface area (Å²) in [5.74, 6) is -0.294. The molecule has 6 nitrogen and oxygen atoms in total. The van der Waals surface area contributed by atoms with Crippen LogP contribution < -0.4 is 14.3 Å². The number of hydrogen-bond donors (Lipinski definition) is 0. The molecule has 4 rings (SSSR count). The molecule has 0 bridgehead atoms. The average molecular weight is 476 g/mol. The van der Waals surface area contributed by atoms with E-state index in [1.54, 1.807) is 54.6 Å². The second-order valence-corrected chi connectivity index (χ2v) is 8.41. The highest BCUT2D eigenvalue weighted by atomic mass is 32.2. The van der Waals surface area contributed by atoms with Gasteiger partial charge in [-0.3, -0.25) is 4.79 Å². The Balaban J connectivity index is 2.03. The summed E-state index contributed by atoms with van der Waals surface area (Å²) in [7, 11) is -4.65. The summed E-state index contributed by atoms with van der Waals surface area (Å²) in [6.45, 7) is 0.